The van der Waals surface area contributed by atoms with E-state index in [-0.39, 0.29) is 11.5 Å². The minimum atomic E-state index is -0.400. The number of nitrogens with zero attached hydrogens (tertiary/aromatic N) is 1. The number of likely N-dealkylation sites (tertiary alicyclic amines) is 1. The summed E-state index contributed by atoms with van der Waals surface area (Å²) in [5, 5.41) is 93.3. The van der Waals surface area contributed by atoms with Gasteiger partial charge < -0.3 is 18.9 Å². The number of ether oxygens (including phenoxy) is 4. The molecule has 30 aromatic carbocycles. The second-order valence-corrected chi connectivity index (χ2v) is 33.8. The quantitative estimate of drug-likeness (QED) is 0.0802. The summed E-state index contributed by atoms with van der Waals surface area (Å²) in [5.41, 5.74) is 10.1. The lowest BCUT2D eigenvalue weighted by Gasteiger charge is -2.52. The van der Waals surface area contributed by atoms with Crippen molar-refractivity contribution in [2.24, 2.45) is 0 Å². The first-order valence-corrected chi connectivity index (χ1v) is 36.7. The molecular formula is C89H31NO4S2. The molecule has 0 amide bonds. The molecule has 0 saturated carbocycles. The number of thiophene rings is 2. The number of benzene rings is 20. The summed E-state index contributed by atoms with van der Waals surface area (Å²) in [6, 6.07) is 24.6. The highest BCUT2D eigenvalue weighted by molar-refractivity contribution is 7.20. The third-order valence-corrected chi connectivity index (χ3v) is 32.0. The van der Waals surface area contributed by atoms with E-state index >= 15 is 0 Å². The monoisotopic (exact) mass is 1240 g/mol. The smallest absolute Gasteiger partial charge is 0.119 e. The Bertz CT molecular complexity index is 8580. The summed E-state index contributed by atoms with van der Waals surface area (Å²) in [7, 11) is 2.56. The van der Waals surface area contributed by atoms with Gasteiger partial charge in [-0.25, -0.2) is 0 Å². The average molecular weight is 1240 g/mol. The summed E-state index contributed by atoms with van der Waals surface area (Å²) in [5.74, 6) is 1.75. The van der Waals surface area contributed by atoms with Crippen LogP contribution in [-0.2, 0) is 20.3 Å². The van der Waals surface area contributed by atoms with Crippen molar-refractivity contribution < 1.29 is 18.9 Å². The van der Waals surface area contributed by atoms with Gasteiger partial charge >= 0.3 is 0 Å². The minimum Gasteiger partial charge on any atom is -0.491 e. The molecule has 96 heavy (non-hydrogen) atoms. The third-order valence-electron chi connectivity index (χ3n) is 30.0. The standard InChI is InChI=1S/C89H31NO4S2/c1-90-21-88-82-74-66-56-46-38-30-28-29-32-36-34(30)42-50-44(36)54-48-40(32)41-33(29)37-35-31(28)39(38)47-53-43(35)51-45(37)55-49(41)59-58(48)70-64(54)72-62(50)68(60(66)52(42)46)76(82)78(72)84-80(70)81-71(59)65(55)73-63(51)69-61(53)67(57(47)56)75(74)83(88)77(69)79(73)85(81)89(84,88)87(90)23-6-10-25(11-7-23)94-18-16-92-14-13-91-15-17-93-24-8-4-22(5-9-24)26-12-20-96-86(26)27-3-2-19-95-27/h2-12,19-20,87H,13-18,21H2,1H3. The Labute approximate surface area is 541 Å². The molecule has 7 heteroatoms. The number of hydrogen-bond acceptors (Lipinski definition) is 7. The topological polar surface area (TPSA) is 40.2 Å². The maximum atomic E-state index is 6.65. The molecule has 2 aromatic heterocycles. The molecule has 32 aromatic rings. The van der Waals surface area contributed by atoms with Gasteiger partial charge in [-0.15, -0.1) is 22.7 Å². The van der Waals surface area contributed by atoms with Crippen LogP contribution in [0.25, 0.3) is 312 Å². The molecule has 1 unspecified atom stereocenters. The van der Waals surface area contributed by atoms with E-state index in [2.05, 4.69) is 89.4 Å². The molecule has 5 nitrogen and oxygen atoms in total. The van der Waals surface area contributed by atoms with Crippen molar-refractivity contribution in [2.75, 3.05) is 53.2 Å². The van der Waals surface area contributed by atoms with Gasteiger partial charge in [0.15, 0.2) is 0 Å². The zero-order valence-electron chi connectivity index (χ0n) is 50.4. The van der Waals surface area contributed by atoms with Crippen LogP contribution in [0, 0.1) is 0 Å². The molecule has 0 radical (unpaired) electrons. The van der Waals surface area contributed by atoms with E-state index in [1.54, 1.807) is 336 Å². The zero-order valence-corrected chi connectivity index (χ0v) is 52.1. The highest BCUT2D eigenvalue weighted by atomic mass is 32.1. The average Bonchev–Trinajstić information content (AvgIpc) is 1.38. The van der Waals surface area contributed by atoms with Gasteiger partial charge in [-0.3, -0.25) is 4.90 Å². The van der Waals surface area contributed by atoms with E-state index in [4.69, 9.17) is 18.9 Å². The van der Waals surface area contributed by atoms with Crippen molar-refractivity contribution in [1.82, 2.24) is 4.90 Å². The molecule has 5 aliphatic rings. The molecule has 0 bridgehead atoms. The fraction of sp³-hybridized carbons (Fsp3) is 0.124. The Morgan fingerprint density at radius 1 is 0.323 bits per heavy atom. The Balaban J connectivity index is 0.580. The van der Waals surface area contributed by atoms with E-state index in [0.29, 0.717) is 39.6 Å². The van der Waals surface area contributed by atoms with Crippen molar-refractivity contribution in [3.63, 3.8) is 0 Å². The molecule has 1 aliphatic heterocycles. The van der Waals surface area contributed by atoms with Crippen molar-refractivity contribution in [3.8, 4) is 32.4 Å². The number of hydrogen-bond donors (Lipinski definition) is 0. The summed E-state index contributed by atoms with van der Waals surface area (Å²) in [4.78, 5) is 5.55. The second kappa shape index (κ2) is 11.4. The van der Waals surface area contributed by atoms with Gasteiger partial charge in [-0.2, -0.15) is 0 Å². The van der Waals surface area contributed by atoms with Crippen molar-refractivity contribution in [3.05, 3.63) is 105 Å². The van der Waals surface area contributed by atoms with Crippen LogP contribution < -0.4 is 9.47 Å². The first-order valence-electron chi connectivity index (χ1n) is 34.9. The van der Waals surface area contributed by atoms with Gasteiger partial charge in [-0.05, 0) is 378 Å². The largest absolute Gasteiger partial charge is 0.491 e. The predicted molar refractivity (Wildman–Crippen MR) is 401 cm³/mol. The molecule has 1 atom stereocenters. The molecule has 4 aliphatic carbocycles. The van der Waals surface area contributed by atoms with Crippen LogP contribution in [0.3, 0.4) is 0 Å². The predicted octanol–water partition coefficient (Wildman–Crippen LogP) is 22.9. The van der Waals surface area contributed by atoms with Gasteiger partial charge in [0.2, 0.25) is 0 Å². The van der Waals surface area contributed by atoms with Gasteiger partial charge in [0, 0.05) is 23.0 Å². The molecule has 0 N–H and O–H groups in total. The number of rotatable bonds is 14. The maximum absolute atomic E-state index is 6.65. The lowest BCUT2D eigenvalue weighted by molar-refractivity contribution is 0.0273. The van der Waals surface area contributed by atoms with Crippen LogP contribution >= 0.6 is 22.7 Å². The van der Waals surface area contributed by atoms with E-state index in [1.807, 2.05) is 0 Å². The Morgan fingerprint density at radius 2 is 0.625 bits per heavy atom. The normalized spacial score (nSPS) is 20.6. The zero-order chi connectivity index (χ0) is 59.1. The first-order chi connectivity index (χ1) is 47.7. The molecule has 3 heterocycles. The van der Waals surface area contributed by atoms with E-state index in [9.17, 15) is 0 Å². The van der Waals surface area contributed by atoms with E-state index < -0.39 is 5.41 Å². The highest BCUT2D eigenvalue weighted by Crippen LogP contribution is 2.87. The van der Waals surface area contributed by atoms with Crippen molar-refractivity contribution >= 4 is 314 Å². The Hall–Kier alpha value is -10.2. The molecule has 37 rings (SSSR count). The van der Waals surface area contributed by atoms with Crippen LogP contribution in [0.5, 0.6) is 11.5 Å². The highest BCUT2D eigenvalue weighted by Gasteiger charge is 2.76. The van der Waals surface area contributed by atoms with Crippen molar-refractivity contribution in [1.29, 1.82) is 0 Å². The minimum absolute atomic E-state index is 0.0677. The fourth-order valence-electron chi connectivity index (χ4n) is 28.9. The van der Waals surface area contributed by atoms with Gasteiger partial charge in [0.25, 0.3) is 0 Å². The molecule has 1 saturated heterocycles. The van der Waals surface area contributed by atoms with Crippen LogP contribution in [0.2, 0.25) is 0 Å². The van der Waals surface area contributed by atoms with Crippen LogP contribution in [-0.4, -0.2) is 58.1 Å². The van der Waals surface area contributed by atoms with E-state index in [1.165, 1.54) is 26.4 Å². The number of likely N-dealkylation sites (N-methyl/N-ethyl adjacent to an activating group) is 1. The third kappa shape index (κ3) is 2.97. The van der Waals surface area contributed by atoms with Crippen LogP contribution in [0.4, 0.5) is 0 Å². The first kappa shape index (κ1) is 42.3. The SMILES string of the molecule is CN1CC23c4c5c6c7c8c9c(c%10c%11c2c2c4c4c%12c5c5c6c6c8c8c%13c9c9c%10c%10c%11c%11c2c2c4c4c%12c%12c5c5c6c8c6c8c%13c9c9c%10c%10c%11c2c2c4c4c%12c5c6c5c8c9c%10c2c45)C73C1c1ccc(OCCOCCOCCOc2ccc(-c3ccsc3-c3cccs3)cc2)cc1. The summed E-state index contributed by atoms with van der Waals surface area (Å²) in [6.07, 6.45) is 0. The Kier molecular flexibility index (Phi) is 5.01. The maximum Gasteiger partial charge on any atom is 0.119 e. The van der Waals surface area contributed by atoms with E-state index in [0.717, 1.165) is 18.0 Å². The van der Waals surface area contributed by atoms with Crippen LogP contribution in [0.1, 0.15) is 33.9 Å². The lowest BCUT2D eigenvalue weighted by atomic mass is 9.47. The van der Waals surface area contributed by atoms with Crippen LogP contribution in [0.15, 0.2) is 77.5 Å². The summed E-state index contributed by atoms with van der Waals surface area (Å²) in [6.45, 7) is 3.94. The molecule has 428 valence electrons. The van der Waals surface area contributed by atoms with Gasteiger partial charge in [-0.1, -0.05) is 30.3 Å². The Morgan fingerprint density at radius 3 is 0.948 bits per heavy atom. The second-order valence-electron chi connectivity index (χ2n) is 31.9. The van der Waals surface area contributed by atoms with Gasteiger partial charge in [0.1, 0.15) is 24.7 Å². The molecule has 1 fully saturated rings. The molecular weight excluding hydrogens is 1210 g/mol. The summed E-state index contributed by atoms with van der Waals surface area (Å²) >= 11 is 3.58. The van der Waals surface area contributed by atoms with Gasteiger partial charge in [0.05, 0.1) is 42.1 Å². The van der Waals surface area contributed by atoms with Crippen molar-refractivity contribution in [2.45, 2.75) is 16.9 Å². The lowest BCUT2D eigenvalue weighted by Crippen LogP contribution is -2.51. The fourth-order valence-corrected chi connectivity index (χ4v) is 30.7. The molecule has 2 spiro atoms. The summed E-state index contributed by atoms with van der Waals surface area (Å²) < 4.78 is 24.9.